The molecule has 2 aromatic carbocycles. The molecule has 1 atom stereocenters. The van der Waals surface area contributed by atoms with Crippen LogP contribution in [0.5, 0.6) is 5.75 Å². The summed E-state index contributed by atoms with van der Waals surface area (Å²) in [6.45, 7) is 8.51. The van der Waals surface area contributed by atoms with E-state index in [0.29, 0.717) is 12.5 Å². The molecule has 3 aliphatic rings. The van der Waals surface area contributed by atoms with Crippen LogP contribution in [0.15, 0.2) is 36.4 Å². The van der Waals surface area contributed by atoms with Crippen LogP contribution in [0, 0.1) is 13.8 Å². The number of benzene rings is 2. The smallest absolute Gasteiger partial charge is 0.162 e. The van der Waals surface area contributed by atoms with Gasteiger partial charge in [-0.3, -0.25) is 4.79 Å². The van der Waals surface area contributed by atoms with Gasteiger partial charge in [-0.2, -0.15) is 0 Å². The van der Waals surface area contributed by atoms with Crippen molar-refractivity contribution in [3.05, 3.63) is 53.1 Å². The van der Waals surface area contributed by atoms with Crippen LogP contribution in [-0.4, -0.2) is 55.6 Å². The highest BCUT2D eigenvalue weighted by molar-refractivity contribution is 5.96. The van der Waals surface area contributed by atoms with E-state index < -0.39 is 0 Å². The molecule has 2 fully saturated rings. The third-order valence-electron chi connectivity index (χ3n) is 8.24. The van der Waals surface area contributed by atoms with E-state index in [1.807, 2.05) is 12.1 Å². The Morgan fingerprint density at radius 1 is 1.09 bits per heavy atom. The largest absolute Gasteiger partial charge is 0.497 e. The number of anilines is 2. The van der Waals surface area contributed by atoms with Crippen molar-refractivity contribution in [2.45, 2.75) is 64.0 Å². The maximum absolute atomic E-state index is 12.6. The minimum absolute atomic E-state index is 0.140. The lowest BCUT2D eigenvalue weighted by molar-refractivity contribution is 0.0967. The van der Waals surface area contributed by atoms with Crippen LogP contribution in [0.1, 0.15) is 60.0 Å². The highest BCUT2D eigenvalue weighted by atomic mass is 16.5. The molecule has 2 aromatic rings. The van der Waals surface area contributed by atoms with Crippen molar-refractivity contribution < 1.29 is 9.53 Å². The molecule has 2 saturated heterocycles. The Hall–Kier alpha value is -2.53. The Kier molecular flexibility index (Phi) is 6.09. The number of ether oxygens (including phenoxy) is 1. The summed E-state index contributed by atoms with van der Waals surface area (Å²) < 4.78 is 5.50. The van der Waals surface area contributed by atoms with Crippen molar-refractivity contribution in [3.8, 4) is 5.75 Å². The van der Waals surface area contributed by atoms with E-state index >= 15 is 0 Å². The molecule has 0 bridgehead atoms. The molecule has 0 amide bonds. The molecule has 3 aliphatic heterocycles. The third kappa shape index (κ3) is 4.23. The maximum Gasteiger partial charge on any atom is 0.162 e. The number of aryl methyl sites for hydroxylation is 2. The molecule has 0 saturated carbocycles. The standard InChI is InChI=1S/C28H37N3O2/c1-20-8-9-22(18-21(20)2)26(32)6-4-14-30-16-12-28(13-17-30)27-7-5-15-31(27)25-11-10-23(33-3)19-24(25)29-28/h8-11,18-19,27,29H,4-7,12-17H2,1-3H3. The number of likely N-dealkylation sites (tertiary alicyclic amines) is 1. The van der Waals surface area contributed by atoms with Crippen molar-refractivity contribution in [1.82, 2.24) is 4.90 Å². The molecular formula is C28H37N3O2. The zero-order valence-electron chi connectivity index (χ0n) is 20.3. The summed E-state index contributed by atoms with van der Waals surface area (Å²) in [6, 6.07) is 13.1. The van der Waals surface area contributed by atoms with E-state index in [1.54, 1.807) is 7.11 Å². The molecule has 5 rings (SSSR count). The van der Waals surface area contributed by atoms with Gasteiger partial charge in [0.25, 0.3) is 0 Å². The predicted octanol–water partition coefficient (Wildman–Crippen LogP) is 5.20. The van der Waals surface area contributed by atoms with Gasteiger partial charge in [0.05, 0.1) is 30.1 Å². The third-order valence-corrected chi connectivity index (χ3v) is 8.24. The molecule has 176 valence electrons. The fraction of sp³-hybridized carbons (Fsp3) is 0.536. The first-order valence-corrected chi connectivity index (χ1v) is 12.5. The maximum atomic E-state index is 12.6. The monoisotopic (exact) mass is 447 g/mol. The van der Waals surface area contributed by atoms with Crippen molar-refractivity contribution in [1.29, 1.82) is 0 Å². The Balaban J connectivity index is 1.19. The molecule has 0 aromatic heterocycles. The summed E-state index contributed by atoms with van der Waals surface area (Å²) >= 11 is 0. The average Bonchev–Trinajstić information content (AvgIpc) is 3.33. The number of methoxy groups -OCH3 is 1. The second-order valence-electron chi connectivity index (χ2n) is 10.2. The van der Waals surface area contributed by atoms with E-state index in [4.69, 9.17) is 4.74 Å². The summed E-state index contributed by atoms with van der Waals surface area (Å²) in [5.41, 5.74) is 5.99. The first-order valence-electron chi connectivity index (χ1n) is 12.5. The van der Waals surface area contributed by atoms with Gasteiger partial charge < -0.3 is 19.9 Å². The number of Topliss-reactive ketones (excluding diaryl/α,β-unsaturated/α-hetero) is 1. The lowest BCUT2D eigenvalue weighted by Crippen LogP contribution is -2.62. The lowest BCUT2D eigenvalue weighted by Gasteiger charge is -2.53. The van der Waals surface area contributed by atoms with Gasteiger partial charge in [0.15, 0.2) is 5.78 Å². The second kappa shape index (κ2) is 9.02. The zero-order chi connectivity index (χ0) is 23.0. The van der Waals surface area contributed by atoms with Crippen LogP contribution in [0.3, 0.4) is 0 Å². The van der Waals surface area contributed by atoms with E-state index in [1.165, 1.54) is 35.3 Å². The van der Waals surface area contributed by atoms with Crippen LogP contribution >= 0.6 is 0 Å². The summed E-state index contributed by atoms with van der Waals surface area (Å²) in [7, 11) is 1.74. The van der Waals surface area contributed by atoms with Crippen molar-refractivity contribution >= 4 is 17.2 Å². The van der Waals surface area contributed by atoms with Gasteiger partial charge in [0.2, 0.25) is 0 Å². The number of hydrogen-bond acceptors (Lipinski definition) is 5. The fourth-order valence-electron chi connectivity index (χ4n) is 6.13. The van der Waals surface area contributed by atoms with Gasteiger partial charge in [-0.15, -0.1) is 0 Å². The van der Waals surface area contributed by atoms with Crippen molar-refractivity contribution in [2.75, 3.05) is 43.5 Å². The van der Waals surface area contributed by atoms with E-state index in [9.17, 15) is 4.79 Å². The van der Waals surface area contributed by atoms with Gasteiger partial charge in [-0.05, 0) is 81.8 Å². The van der Waals surface area contributed by atoms with Crippen LogP contribution in [0.25, 0.3) is 0 Å². The summed E-state index contributed by atoms with van der Waals surface area (Å²) in [6.07, 6.45) is 6.40. The molecule has 1 unspecified atom stereocenters. The van der Waals surface area contributed by atoms with Gasteiger partial charge >= 0.3 is 0 Å². The molecule has 3 heterocycles. The number of hydrogen-bond donors (Lipinski definition) is 1. The lowest BCUT2D eigenvalue weighted by atomic mass is 9.77. The number of rotatable bonds is 6. The van der Waals surface area contributed by atoms with Gasteiger partial charge in [0, 0.05) is 37.7 Å². The van der Waals surface area contributed by atoms with Crippen molar-refractivity contribution in [3.63, 3.8) is 0 Å². The summed E-state index contributed by atoms with van der Waals surface area (Å²) in [5.74, 6) is 1.19. The minimum Gasteiger partial charge on any atom is -0.497 e. The van der Waals surface area contributed by atoms with Crippen molar-refractivity contribution in [2.24, 2.45) is 0 Å². The number of nitrogens with one attached hydrogen (secondary N) is 1. The quantitative estimate of drug-likeness (QED) is 0.617. The number of fused-ring (bicyclic) bond motifs is 4. The fourth-order valence-corrected chi connectivity index (χ4v) is 6.13. The first-order chi connectivity index (χ1) is 16.0. The number of ketones is 1. The molecule has 1 spiro atoms. The Morgan fingerprint density at radius 3 is 2.67 bits per heavy atom. The predicted molar refractivity (Wildman–Crippen MR) is 135 cm³/mol. The normalized spacial score (nSPS) is 21.4. The first kappa shape index (κ1) is 22.3. The highest BCUT2D eigenvalue weighted by Gasteiger charge is 2.49. The number of piperidine rings is 1. The molecule has 5 heteroatoms. The van der Waals surface area contributed by atoms with Crippen LogP contribution in [0.4, 0.5) is 11.4 Å². The summed E-state index contributed by atoms with van der Waals surface area (Å²) in [5, 5.41) is 3.98. The second-order valence-corrected chi connectivity index (χ2v) is 10.2. The highest BCUT2D eigenvalue weighted by Crippen LogP contribution is 2.47. The molecule has 33 heavy (non-hydrogen) atoms. The summed E-state index contributed by atoms with van der Waals surface area (Å²) in [4.78, 5) is 17.8. The van der Waals surface area contributed by atoms with Gasteiger partial charge in [-0.25, -0.2) is 0 Å². The molecule has 1 N–H and O–H groups in total. The molecule has 0 aliphatic carbocycles. The molecule has 0 radical (unpaired) electrons. The topological polar surface area (TPSA) is 44.8 Å². The van der Waals surface area contributed by atoms with E-state index in [0.717, 1.165) is 56.8 Å². The van der Waals surface area contributed by atoms with Gasteiger partial charge in [0.1, 0.15) is 5.75 Å². The molecule has 5 nitrogen and oxygen atoms in total. The Bertz CT molecular complexity index is 1030. The van der Waals surface area contributed by atoms with Crippen LogP contribution in [0.2, 0.25) is 0 Å². The number of carbonyl (C=O) groups excluding carboxylic acids is 1. The average molecular weight is 448 g/mol. The van der Waals surface area contributed by atoms with Gasteiger partial charge in [-0.1, -0.05) is 12.1 Å². The Labute approximate surface area is 198 Å². The SMILES string of the molecule is COc1ccc2c(c1)NC1(CCN(CCCC(=O)c3ccc(C)c(C)c3)CC1)C1CCCN21. The minimum atomic E-state index is 0.140. The number of carbonyl (C=O) groups is 1. The number of nitrogens with zero attached hydrogens (tertiary/aromatic N) is 2. The van der Waals surface area contributed by atoms with E-state index in [-0.39, 0.29) is 11.3 Å². The van der Waals surface area contributed by atoms with E-state index in [2.05, 4.69) is 53.2 Å². The Morgan fingerprint density at radius 2 is 1.91 bits per heavy atom. The zero-order valence-corrected chi connectivity index (χ0v) is 20.3. The van der Waals surface area contributed by atoms with Crippen LogP contribution < -0.4 is 15.0 Å². The van der Waals surface area contributed by atoms with Crippen LogP contribution in [-0.2, 0) is 0 Å². The molecular weight excluding hydrogens is 410 g/mol.